The highest BCUT2D eigenvalue weighted by atomic mass is 32.2. The van der Waals surface area contributed by atoms with Crippen molar-refractivity contribution in [2.75, 3.05) is 31.9 Å². The van der Waals surface area contributed by atoms with Crippen LogP contribution in [-0.2, 0) is 16.6 Å². The standard InChI is InChI=1S/C18H31N3O2S/c1-2-19-12-6-7-14-24(22,23)20-18-11-8-13-21(16-18)15-17-9-4-3-5-10-17/h3-5,9-10,18-20H,2,6-8,11-16H2,1H3. The largest absolute Gasteiger partial charge is 0.317 e. The van der Waals surface area contributed by atoms with E-state index in [2.05, 4.69) is 34.0 Å². The van der Waals surface area contributed by atoms with Gasteiger partial charge in [0.05, 0.1) is 5.75 Å². The van der Waals surface area contributed by atoms with Crippen LogP contribution >= 0.6 is 0 Å². The molecule has 0 saturated carbocycles. The number of benzene rings is 1. The van der Waals surface area contributed by atoms with Gasteiger partial charge in [-0.25, -0.2) is 13.1 Å². The molecule has 1 unspecified atom stereocenters. The summed E-state index contributed by atoms with van der Waals surface area (Å²) in [6.45, 7) is 6.61. The van der Waals surface area contributed by atoms with Crippen molar-refractivity contribution in [3.05, 3.63) is 35.9 Å². The van der Waals surface area contributed by atoms with Gasteiger partial charge in [0.2, 0.25) is 10.0 Å². The molecule has 0 spiro atoms. The minimum absolute atomic E-state index is 0.0428. The second-order valence-electron chi connectivity index (χ2n) is 6.56. The van der Waals surface area contributed by atoms with E-state index >= 15 is 0 Å². The molecule has 5 nitrogen and oxygen atoms in total. The van der Waals surface area contributed by atoms with Crippen molar-refractivity contribution >= 4 is 10.0 Å². The van der Waals surface area contributed by atoms with E-state index in [4.69, 9.17) is 0 Å². The molecule has 0 bridgehead atoms. The third-order valence-corrected chi connectivity index (χ3v) is 5.89. The number of sulfonamides is 1. The summed E-state index contributed by atoms with van der Waals surface area (Å²) in [5.74, 6) is 0.230. The number of unbranched alkanes of at least 4 members (excludes halogenated alkanes) is 1. The lowest BCUT2D eigenvalue weighted by Crippen LogP contribution is -2.47. The minimum Gasteiger partial charge on any atom is -0.317 e. The molecule has 1 saturated heterocycles. The maximum Gasteiger partial charge on any atom is 0.211 e. The van der Waals surface area contributed by atoms with E-state index in [-0.39, 0.29) is 11.8 Å². The Morgan fingerprint density at radius 1 is 1.21 bits per heavy atom. The molecule has 2 N–H and O–H groups in total. The van der Waals surface area contributed by atoms with Crippen LogP contribution in [0.3, 0.4) is 0 Å². The zero-order valence-electron chi connectivity index (χ0n) is 14.7. The monoisotopic (exact) mass is 353 g/mol. The summed E-state index contributed by atoms with van der Waals surface area (Å²) in [6, 6.07) is 10.4. The Morgan fingerprint density at radius 3 is 2.75 bits per heavy atom. The van der Waals surface area contributed by atoms with E-state index in [0.29, 0.717) is 6.42 Å². The van der Waals surface area contributed by atoms with Crippen LogP contribution in [0.15, 0.2) is 30.3 Å². The Balaban J connectivity index is 1.75. The first-order chi connectivity index (χ1) is 11.6. The predicted molar refractivity (Wildman–Crippen MR) is 99.4 cm³/mol. The third kappa shape index (κ3) is 7.30. The maximum atomic E-state index is 12.2. The van der Waals surface area contributed by atoms with Gasteiger partial charge in [-0.2, -0.15) is 0 Å². The van der Waals surface area contributed by atoms with Crippen LogP contribution in [0, 0.1) is 0 Å². The van der Waals surface area contributed by atoms with Crippen LogP contribution in [0.25, 0.3) is 0 Å². The summed E-state index contributed by atoms with van der Waals surface area (Å²) in [5, 5.41) is 3.22. The second kappa shape index (κ2) is 10.1. The van der Waals surface area contributed by atoms with Crippen molar-refractivity contribution in [2.24, 2.45) is 0 Å². The van der Waals surface area contributed by atoms with Crippen molar-refractivity contribution in [1.29, 1.82) is 0 Å². The molecule has 0 radical (unpaired) electrons. The lowest BCUT2D eigenvalue weighted by Gasteiger charge is -2.33. The summed E-state index contributed by atoms with van der Waals surface area (Å²) in [5.41, 5.74) is 1.28. The van der Waals surface area contributed by atoms with Gasteiger partial charge in [-0.05, 0) is 50.9 Å². The van der Waals surface area contributed by atoms with E-state index in [1.54, 1.807) is 0 Å². The summed E-state index contributed by atoms with van der Waals surface area (Å²) in [6.07, 6.45) is 3.59. The molecule has 1 heterocycles. The van der Waals surface area contributed by atoms with Crippen LogP contribution in [0.5, 0.6) is 0 Å². The first kappa shape index (κ1) is 19.4. The highest BCUT2D eigenvalue weighted by Crippen LogP contribution is 2.14. The molecule has 6 heteroatoms. The highest BCUT2D eigenvalue weighted by molar-refractivity contribution is 7.89. The van der Waals surface area contributed by atoms with E-state index in [0.717, 1.165) is 52.0 Å². The zero-order valence-corrected chi connectivity index (χ0v) is 15.5. The van der Waals surface area contributed by atoms with Crippen molar-refractivity contribution in [2.45, 2.75) is 45.2 Å². The van der Waals surface area contributed by atoms with Crippen molar-refractivity contribution in [3.63, 3.8) is 0 Å². The molecule has 1 fully saturated rings. The van der Waals surface area contributed by atoms with E-state index in [1.165, 1.54) is 5.56 Å². The molecule has 136 valence electrons. The average Bonchev–Trinajstić information content (AvgIpc) is 2.55. The first-order valence-corrected chi connectivity index (χ1v) is 10.7. The molecule has 0 aliphatic carbocycles. The van der Waals surface area contributed by atoms with Gasteiger partial charge in [0, 0.05) is 19.1 Å². The lowest BCUT2D eigenvalue weighted by molar-refractivity contribution is 0.194. The fourth-order valence-electron chi connectivity index (χ4n) is 3.17. The third-order valence-electron chi connectivity index (χ3n) is 4.37. The van der Waals surface area contributed by atoms with Gasteiger partial charge in [-0.3, -0.25) is 4.90 Å². The summed E-state index contributed by atoms with van der Waals surface area (Å²) < 4.78 is 27.4. The van der Waals surface area contributed by atoms with E-state index < -0.39 is 10.0 Å². The van der Waals surface area contributed by atoms with Crippen LogP contribution in [-0.4, -0.2) is 51.3 Å². The molecular weight excluding hydrogens is 322 g/mol. The Kier molecular flexibility index (Phi) is 8.18. The quantitative estimate of drug-likeness (QED) is 0.631. The number of likely N-dealkylation sites (tertiary alicyclic amines) is 1. The molecule has 0 amide bonds. The highest BCUT2D eigenvalue weighted by Gasteiger charge is 2.23. The van der Waals surface area contributed by atoms with Crippen LogP contribution in [0.4, 0.5) is 0 Å². The van der Waals surface area contributed by atoms with Gasteiger partial charge in [-0.1, -0.05) is 37.3 Å². The van der Waals surface area contributed by atoms with Gasteiger partial charge in [0.1, 0.15) is 0 Å². The molecule has 1 aliphatic heterocycles. The molecule has 2 rings (SSSR count). The molecule has 1 aliphatic rings. The van der Waals surface area contributed by atoms with E-state index in [9.17, 15) is 8.42 Å². The lowest BCUT2D eigenvalue weighted by atomic mass is 10.1. The topological polar surface area (TPSA) is 61.4 Å². The molecule has 1 aromatic carbocycles. The molecule has 1 atom stereocenters. The summed E-state index contributed by atoms with van der Waals surface area (Å²) >= 11 is 0. The Hall–Kier alpha value is -0.950. The number of rotatable bonds is 10. The second-order valence-corrected chi connectivity index (χ2v) is 8.43. The number of hydrogen-bond acceptors (Lipinski definition) is 4. The molecule has 0 aromatic heterocycles. The van der Waals surface area contributed by atoms with Gasteiger partial charge < -0.3 is 5.32 Å². The zero-order chi connectivity index (χ0) is 17.3. The van der Waals surface area contributed by atoms with Gasteiger partial charge in [0.15, 0.2) is 0 Å². The summed E-state index contributed by atoms with van der Waals surface area (Å²) in [4.78, 5) is 2.34. The fraction of sp³-hybridized carbons (Fsp3) is 0.667. The molecule has 1 aromatic rings. The van der Waals surface area contributed by atoms with Gasteiger partial charge in [-0.15, -0.1) is 0 Å². The van der Waals surface area contributed by atoms with Crippen molar-refractivity contribution in [1.82, 2.24) is 14.9 Å². The first-order valence-electron chi connectivity index (χ1n) is 9.06. The Morgan fingerprint density at radius 2 is 2.00 bits per heavy atom. The minimum atomic E-state index is -3.17. The normalized spacial score (nSPS) is 19.5. The van der Waals surface area contributed by atoms with E-state index in [1.807, 2.05) is 18.2 Å². The number of nitrogens with zero attached hydrogens (tertiary/aromatic N) is 1. The van der Waals surface area contributed by atoms with Gasteiger partial charge in [0.25, 0.3) is 0 Å². The molecular formula is C18H31N3O2S. The van der Waals surface area contributed by atoms with Crippen molar-refractivity contribution in [3.8, 4) is 0 Å². The maximum absolute atomic E-state index is 12.2. The summed E-state index contributed by atoms with van der Waals surface area (Å²) in [7, 11) is -3.17. The van der Waals surface area contributed by atoms with Crippen LogP contribution in [0.2, 0.25) is 0 Å². The average molecular weight is 354 g/mol. The fourth-order valence-corrected chi connectivity index (χ4v) is 4.57. The van der Waals surface area contributed by atoms with Crippen LogP contribution in [0.1, 0.15) is 38.2 Å². The number of hydrogen-bond donors (Lipinski definition) is 2. The van der Waals surface area contributed by atoms with Crippen LogP contribution < -0.4 is 10.0 Å². The number of nitrogens with one attached hydrogen (secondary N) is 2. The predicted octanol–water partition coefficient (Wildman–Crippen LogP) is 1.96. The Labute approximate surface area is 146 Å². The SMILES string of the molecule is CCNCCCCS(=O)(=O)NC1CCCN(Cc2ccccc2)C1. The van der Waals surface area contributed by atoms with Gasteiger partial charge >= 0.3 is 0 Å². The number of piperidine rings is 1. The smallest absolute Gasteiger partial charge is 0.211 e. The molecule has 24 heavy (non-hydrogen) atoms. The Bertz CT molecular complexity index is 563. The van der Waals surface area contributed by atoms with Crippen molar-refractivity contribution < 1.29 is 8.42 Å².